The van der Waals surface area contributed by atoms with Gasteiger partial charge in [0.15, 0.2) is 18.1 Å². The number of hydrogen-bond acceptors (Lipinski definition) is 7. The van der Waals surface area contributed by atoms with Gasteiger partial charge in [0.25, 0.3) is 0 Å². The zero-order valence-corrected chi connectivity index (χ0v) is 12.9. The molecular weight excluding hydrogens is 300 g/mol. The summed E-state index contributed by atoms with van der Waals surface area (Å²) in [5.74, 6) is 0.0553. The Labute approximate surface area is 134 Å². The van der Waals surface area contributed by atoms with Gasteiger partial charge >= 0.3 is 5.97 Å². The molecule has 0 fully saturated rings. The zero-order chi connectivity index (χ0) is 17.1. The number of carbonyl (C=O) groups is 1. The highest BCUT2D eigenvalue weighted by Gasteiger charge is 2.12. The molecule has 0 N–H and O–H groups in total. The molecule has 0 aliphatic carbocycles. The van der Waals surface area contributed by atoms with E-state index in [-0.39, 0.29) is 25.4 Å². The normalized spacial score (nSPS) is 10.3. The molecule has 0 saturated carbocycles. The van der Waals surface area contributed by atoms with Crippen LogP contribution >= 0.6 is 0 Å². The molecule has 0 unspecified atom stereocenters. The van der Waals surface area contributed by atoms with Gasteiger partial charge in [-0.1, -0.05) is 6.07 Å². The average Bonchev–Trinajstić information content (AvgIpc) is 2.58. The highest BCUT2D eigenvalue weighted by atomic mass is 16.6. The lowest BCUT2D eigenvalue weighted by Gasteiger charge is -2.09. The SMILES string of the molecule is COCCOC(=O)/C(C#N)=C/c1ccc(OCC#N)c(OC)c1. The summed E-state index contributed by atoms with van der Waals surface area (Å²) in [7, 11) is 2.93. The molecule has 0 amide bonds. The van der Waals surface area contributed by atoms with Gasteiger partial charge in [0.1, 0.15) is 24.3 Å². The van der Waals surface area contributed by atoms with E-state index >= 15 is 0 Å². The van der Waals surface area contributed by atoms with Gasteiger partial charge in [-0.05, 0) is 23.8 Å². The number of hydrogen-bond donors (Lipinski definition) is 0. The number of nitrogens with zero attached hydrogens (tertiary/aromatic N) is 2. The largest absolute Gasteiger partial charge is 0.493 e. The van der Waals surface area contributed by atoms with Crippen LogP contribution in [0.15, 0.2) is 23.8 Å². The molecule has 0 atom stereocenters. The van der Waals surface area contributed by atoms with Gasteiger partial charge in [-0.3, -0.25) is 0 Å². The molecule has 1 rings (SSSR count). The third kappa shape index (κ3) is 5.70. The predicted molar refractivity (Wildman–Crippen MR) is 80.5 cm³/mol. The molecule has 120 valence electrons. The molecule has 1 aromatic rings. The lowest BCUT2D eigenvalue weighted by molar-refractivity contribution is -0.139. The predicted octanol–water partition coefficient (Wildman–Crippen LogP) is 1.69. The number of benzene rings is 1. The first-order valence-electron chi connectivity index (χ1n) is 6.62. The van der Waals surface area contributed by atoms with E-state index in [1.165, 1.54) is 20.3 Å². The molecule has 0 aliphatic rings. The van der Waals surface area contributed by atoms with Gasteiger partial charge in [0.2, 0.25) is 0 Å². The van der Waals surface area contributed by atoms with Gasteiger partial charge in [-0.2, -0.15) is 10.5 Å². The van der Waals surface area contributed by atoms with E-state index in [1.807, 2.05) is 6.07 Å². The molecule has 1 aromatic carbocycles. The highest BCUT2D eigenvalue weighted by Crippen LogP contribution is 2.28. The van der Waals surface area contributed by atoms with E-state index in [2.05, 4.69) is 0 Å². The molecule has 0 heterocycles. The van der Waals surface area contributed by atoms with Crippen molar-refractivity contribution >= 4 is 12.0 Å². The van der Waals surface area contributed by atoms with E-state index in [9.17, 15) is 4.79 Å². The molecule has 0 aliphatic heterocycles. The van der Waals surface area contributed by atoms with Gasteiger partial charge in [0, 0.05) is 7.11 Å². The standard InChI is InChI=1S/C16H16N2O5/c1-20-7-8-23-16(19)13(11-18)9-12-3-4-14(22-6-5-17)15(10-12)21-2/h3-4,9-10H,6-8H2,1-2H3/b13-9+. The Kier molecular flexibility index (Phi) is 7.70. The number of ether oxygens (including phenoxy) is 4. The lowest BCUT2D eigenvalue weighted by Crippen LogP contribution is -2.11. The Bertz CT molecular complexity index is 655. The minimum atomic E-state index is -0.728. The second-order valence-electron chi connectivity index (χ2n) is 4.16. The summed E-state index contributed by atoms with van der Waals surface area (Å²) in [5, 5.41) is 17.6. The zero-order valence-electron chi connectivity index (χ0n) is 12.9. The number of esters is 1. The van der Waals surface area contributed by atoms with Crippen LogP contribution in [0.2, 0.25) is 0 Å². The molecule has 0 aromatic heterocycles. The van der Waals surface area contributed by atoms with Crippen LogP contribution in [0.5, 0.6) is 11.5 Å². The van der Waals surface area contributed by atoms with Gasteiger partial charge in [0.05, 0.1) is 13.7 Å². The van der Waals surface area contributed by atoms with Crippen LogP contribution in [0.4, 0.5) is 0 Å². The molecule has 0 bridgehead atoms. The van der Waals surface area contributed by atoms with Crippen molar-refractivity contribution in [3.63, 3.8) is 0 Å². The van der Waals surface area contributed by atoms with Gasteiger partial charge in [-0.15, -0.1) is 0 Å². The maximum absolute atomic E-state index is 11.8. The number of nitriles is 2. The van der Waals surface area contributed by atoms with Crippen molar-refractivity contribution in [2.24, 2.45) is 0 Å². The number of rotatable bonds is 8. The summed E-state index contributed by atoms with van der Waals surface area (Å²) in [4.78, 5) is 11.8. The van der Waals surface area contributed by atoms with Gasteiger partial charge in [-0.25, -0.2) is 4.79 Å². The molecule has 23 heavy (non-hydrogen) atoms. The van der Waals surface area contributed by atoms with E-state index in [4.69, 9.17) is 29.5 Å². The van der Waals surface area contributed by atoms with Crippen LogP contribution in [0.3, 0.4) is 0 Å². The summed E-state index contributed by atoms with van der Waals surface area (Å²) >= 11 is 0. The lowest BCUT2D eigenvalue weighted by atomic mass is 10.1. The number of methoxy groups -OCH3 is 2. The third-order valence-electron chi connectivity index (χ3n) is 2.65. The molecule has 7 heteroatoms. The fraction of sp³-hybridized carbons (Fsp3) is 0.312. The second kappa shape index (κ2) is 9.82. The van der Waals surface area contributed by atoms with Crippen LogP contribution in [0.1, 0.15) is 5.56 Å². The fourth-order valence-corrected chi connectivity index (χ4v) is 1.60. The first-order chi connectivity index (χ1) is 11.2. The van der Waals surface area contributed by atoms with Crippen LogP contribution in [0.25, 0.3) is 6.08 Å². The van der Waals surface area contributed by atoms with E-state index < -0.39 is 5.97 Å². The minimum absolute atomic E-state index is 0.0681. The summed E-state index contributed by atoms with van der Waals surface area (Å²) in [6, 6.07) is 8.47. The Morgan fingerprint density at radius 1 is 1.22 bits per heavy atom. The van der Waals surface area contributed by atoms with Crippen molar-refractivity contribution in [1.82, 2.24) is 0 Å². The number of carbonyl (C=O) groups excluding carboxylic acids is 1. The summed E-state index contributed by atoms with van der Waals surface area (Å²) in [6.45, 7) is 0.211. The Morgan fingerprint density at radius 3 is 2.61 bits per heavy atom. The molecule has 0 radical (unpaired) electrons. The van der Waals surface area contributed by atoms with Crippen LogP contribution in [0, 0.1) is 22.7 Å². The van der Waals surface area contributed by atoms with Crippen molar-refractivity contribution in [3.8, 4) is 23.6 Å². The van der Waals surface area contributed by atoms with Crippen molar-refractivity contribution in [1.29, 1.82) is 10.5 Å². The maximum Gasteiger partial charge on any atom is 0.348 e. The monoisotopic (exact) mass is 316 g/mol. The molecule has 7 nitrogen and oxygen atoms in total. The fourth-order valence-electron chi connectivity index (χ4n) is 1.60. The first kappa shape index (κ1) is 18.0. The Morgan fingerprint density at radius 2 is 2.00 bits per heavy atom. The van der Waals surface area contributed by atoms with E-state index in [0.29, 0.717) is 17.1 Å². The smallest absolute Gasteiger partial charge is 0.348 e. The first-order valence-corrected chi connectivity index (χ1v) is 6.62. The minimum Gasteiger partial charge on any atom is -0.493 e. The quantitative estimate of drug-likeness (QED) is 0.311. The van der Waals surface area contributed by atoms with Crippen LogP contribution < -0.4 is 9.47 Å². The molecule has 0 saturated heterocycles. The highest BCUT2D eigenvalue weighted by molar-refractivity contribution is 5.97. The van der Waals surface area contributed by atoms with Crippen molar-refractivity contribution in [2.45, 2.75) is 0 Å². The Balaban J connectivity index is 2.94. The summed E-state index contributed by atoms with van der Waals surface area (Å²) in [5.41, 5.74) is 0.417. The summed E-state index contributed by atoms with van der Waals surface area (Å²) < 4.78 is 20.0. The topological polar surface area (TPSA) is 102 Å². The maximum atomic E-state index is 11.8. The molecule has 0 spiro atoms. The molecular formula is C16H16N2O5. The summed E-state index contributed by atoms with van der Waals surface area (Å²) in [6.07, 6.45) is 1.38. The third-order valence-corrected chi connectivity index (χ3v) is 2.65. The van der Waals surface area contributed by atoms with Gasteiger partial charge < -0.3 is 18.9 Å². The van der Waals surface area contributed by atoms with E-state index in [1.54, 1.807) is 24.3 Å². The van der Waals surface area contributed by atoms with Crippen LogP contribution in [-0.2, 0) is 14.3 Å². The van der Waals surface area contributed by atoms with Crippen molar-refractivity contribution in [3.05, 3.63) is 29.3 Å². The Hall–Kier alpha value is -3.03. The second-order valence-corrected chi connectivity index (χ2v) is 4.16. The van der Waals surface area contributed by atoms with E-state index in [0.717, 1.165) is 0 Å². The van der Waals surface area contributed by atoms with Crippen molar-refractivity contribution < 1.29 is 23.7 Å². The van der Waals surface area contributed by atoms with Crippen molar-refractivity contribution in [2.75, 3.05) is 34.0 Å². The van der Waals surface area contributed by atoms with Crippen LogP contribution in [-0.4, -0.2) is 40.0 Å². The average molecular weight is 316 g/mol.